The second-order valence-corrected chi connectivity index (χ2v) is 4.87. The smallest absolute Gasteiger partial charge is 0.416 e. The Morgan fingerprint density at radius 1 is 1.12 bits per heavy atom. The first-order chi connectivity index (χ1) is 11.2. The van der Waals surface area contributed by atoms with Crippen molar-refractivity contribution < 1.29 is 26.7 Å². The highest BCUT2D eigenvalue weighted by atomic mass is 35.5. The van der Waals surface area contributed by atoms with Crippen molar-refractivity contribution in [1.29, 1.82) is 0 Å². The van der Waals surface area contributed by atoms with Gasteiger partial charge in [0.1, 0.15) is 11.6 Å². The second-order valence-electron chi connectivity index (χ2n) is 4.60. The van der Waals surface area contributed by atoms with Crippen LogP contribution in [0.15, 0.2) is 41.4 Å². The molecule has 0 unspecified atom stereocenters. The Hall–Kier alpha value is -2.35. The van der Waals surface area contributed by atoms with E-state index in [4.69, 9.17) is 22.1 Å². The average Bonchev–Trinajstić information content (AvgIpc) is 2.50. The van der Waals surface area contributed by atoms with Crippen LogP contribution in [0.25, 0.3) is 0 Å². The van der Waals surface area contributed by atoms with Crippen LogP contribution >= 0.6 is 11.6 Å². The number of rotatable bonds is 4. The number of nitrogens with two attached hydrogens (primary N) is 1. The lowest BCUT2D eigenvalue weighted by atomic mass is 10.2. The van der Waals surface area contributed by atoms with Crippen LogP contribution in [-0.2, 0) is 6.18 Å². The van der Waals surface area contributed by atoms with Crippen molar-refractivity contribution in [2.45, 2.75) is 6.18 Å². The molecule has 0 atom stereocenters. The first kappa shape index (κ1) is 18.0. The van der Waals surface area contributed by atoms with E-state index in [2.05, 4.69) is 4.99 Å². The van der Waals surface area contributed by atoms with Crippen molar-refractivity contribution in [3.05, 3.63) is 53.6 Å². The van der Waals surface area contributed by atoms with Crippen LogP contribution in [0.4, 0.5) is 27.6 Å². The van der Waals surface area contributed by atoms with Gasteiger partial charge in [-0.05, 0) is 24.3 Å². The highest BCUT2D eigenvalue weighted by Gasteiger charge is 2.33. The van der Waals surface area contributed by atoms with Crippen molar-refractivity contribution >= 4 is 23.1 Å². The van der Waals surface area contributed by atoms with E-state index in [-0.39, 0.29) is 29.6 Å². The predicted molar refractivity (Wildman–Crippen MR) is 79.9 cm³/mol. The van der Waals surface area contributed by atoms with Crippen LogP contribution in [0.2, 0.25) is 0 Å². The standard InChI is InChI=1S/C15H10ClF5N2O/c16-7-13(22)23-9-2-1-3-10(6-9)24-14-11(17)4-8(5-12(14)18)15(19,20)21/h1-6H,7H2,(H2,22,23). The van der Waals surface area contributed by atoms with Crippen LogP contribution in [0.3, 0.4) is 0 Å². The van der Waals surface area contributed by atoms with Crippen LogP contribution in [0.5, 0.6) is 11.5 Å². The van der Waals surface area contributed by atoms with E-state index in [1.54, 1.807) is 0 Å². The zero-order chi connectivity index (χ0) is 17.9. The minimum Gasteiger partial charge on any atom is -0.451 e. The van der Waals surface area contributed by atoms with Gasteiger partial charge in [0.15, 0.2) is 17.4 Å². The van der Waals surface area contributed by atoms with Gasteiger partial charge in [-0.2, -0.15) is 13.2 Å². The molecule has 2 aromatic rings. The highest BCUT2D eigenvalue weighted by Crippen LogP contribution is 2.36. The van der Waals surface area contributed by atoms with Crippen LogP contribution < -0.4 is 10.5 Å². The highest BCUT2D eigenvalue weighted by molar-refractivity contribution is 6.28. The fraction of sp³-hybridized carbons (Fsp3) is 0.133. The minimum atomic E-state index is -4.87. The molecule has 0 amide bonds. The number of alkyl halides is 4. The molecule has 0 aliphatic carbocycles. The van der Waals surface area contributed by atoms with Gasteiger partial charge in [-0.15, -0.1) is 11.6 Å². The SMILES string of the molecule is NC(CCl)=Nc1cccc(Oc2c(F)cc(C(F)(F)F)cc2F)c1. The van der Waals surface area contributed by atoms with Gasteiger partial charge in [-0.25, -0.2) is 13.8 Å². The Bertz CT molecular complexity index is 754. The largest absolute Gasteiger partial charge is 0.451 e. The molecule has 0 fully saturated rings. The van der Waals surface area contributed by atoms with Crippen molar-refractivity contribution in [1.82, 2.24) is 0 Å². The van der Waals surface area contributed by atoms with Gasteiger partial charge >= 0.3 is 6.18 Å². The molecule has 0 radical (unpaired) electrons. The lowest BCUT2D eigenvalue weighted by molar-refractivity contribution is -0.138. The van der Waals surface area contributed by atoms with Gasteiger partial charge in [0.2, 0.25) is 0 Å². The maximum atomic E-state index is 13.8. The number of benzene rings is 2. The summed E-state index contributed by atoms with van der Waals surface area (Å²) in [5, 5.41) is 0. The molecule has 0 aromatic heterocycles. The molecule has 0 spiro atoms. The quantitative estimate of drug-likeness (QED) is 0.359. The predicted octanol–water partition coefficient (Wildman–Crippen LogP) is 5.00. The van der Waals surface area contributed by atoms with Crippen molar-refractivity contribution in [2.24, 2.45) is 10.7 Å². The lowest BCUT2D eigenvalue weighted by Gasteiger charge is -2.12. The second kappa shape index (κ2) is 7.04. The van der Waals surface area contributed by atoms with Crippen LogP contribution in [0, 0.1) is 11.6 Å². The first-order valence-corrected chi connectivity index (χ1v) is 6.97. The topological polar surface area (TPSA) is 47.6 Å². The number of hydrogen-bond acceptors (Lipinski definition) is 2. The molecule has 3 nitrogen and oxygen atoms in total. The molecule has 0 aliphatic heterocycles. The van der Waals surface area contributed by atoms with E-state index in [1.165, 1.54) is 24.3 Å². The summed E-state index contributed by atoms with van der Waals surface area (Å²) in [4.78, 5) is 3.92. The minimum absolute atomic E-state index is 0.0206. The molecule has 0 saturated heterocycles. The lowest BCUT2D eigenvalue weighted by Crippen LogP contribution is -2.12. The van der Waals surface area contributed by atoms with Gasteiger partial charge in [-0.3, -0.25) is 0 Å². The molecular weight excluding hydrogens is 355 g/mol. The Morgan fingerprint density at radius 3 is 2.29 bits per heavy atom. The molecule has 2 N–H and O–H groups in total. The van der Waals surface area contributed by atoms with E-state index in [9.17, 15) is 22.0 Å². The number of amidine groups is 1. The molecule has 24 heavy (non-hydrogen) atoms. The summed E-state index contributed by atoms with van der Waals surface area (Å²) in [7, 11) is 0. The molecular formula is C15H10ClF5N2O. The van der Waals surface area contributed by atoms with Gasteiger partial charge in [-0.1, -0.05) is 6.07 Å². The molecule has 0 aliphatic rings. The van der Waals surface area contributed by atoms with E-state index in [0.29, 0.717) is 5.69 Å². The van der Waals surface area contributed by atoms with Gasteiger partial charge in [0.25, 0.3) is 0 Å². The molecule has 128 valence electrons. The summed E-state index contributed by atoms with van der Waals surface area (Å²) in [6.07, 6.45) is -4.87. The van der Waals surface area contributed by atoms with Crippen LogP contribution in [-0.4, -0.2) is 11.7 Å². The van der Waals surface area contributed by atoms with E-state index < -0.39 is 29.1 Å². The Kier molecular flexibility index (Phi) is 5.28. The molecule has 0 heterocycles. The summed E-state index contributed by atoms with van der Waals surface area (Å²) in [6.45, 7) is 0. The third kappa shape index (κ3) is 4.35. The summed E-state index contributed by atoms with van der Waals surface area (Å²) in [5.41, 5.74) is 4.32. The van der Waals surface area contributed by atoms with Crippen molar-refractivity contribution in [2.75, 3.05) is 5.88 Å². The summed E-state index contributed by atoms with van der Waals surface area (Å²) in [6, 6.07) is 5.97. The van der Waals surface area contributed by atoms with Crippen molar-refractivity contribution in [3.8, 4) is 11.5 Å². The van der Waals surface area contributed by atoms with Gasteiger partial charge < -0.3 is 10.5 Å². The number of halogens is 6. The third-order valence-electron chi connectivity index (χ3n) is 2.77. The van der Waals surface area contributed by atoms with Crippen molar-refractivity contribution in [3.63, 3.8) is 0 Å². The van der Waals surface area contributed by atoms with Gasteiger partial charge in [0, 0.05) is 6.07 Å². The zero-order valence-electron chi connectivity index (χ0n) is 11.9. The number of ether oxygens (including phenoxy) is 1. The molecule has 0 bridgehead atoms. The fourth-order valence-corrected chi connectivity index (χ4v) is 1.81. The summed E-state index contributed by atoms with van der Waals surface area (Å²) in [5.74, 6) is -3.84. The fourth-order valence-electron chi connectivity index (χ4n) is 1.75. The summed E-state index contributed by atoms with van der Waals surface area (Å²) >= 11 is 5.49. The Morgan fingerprint density at radius 2 is 1.75 bits per heavy atom. The summed E-state index contributed by atoms with van der Waals surface area (Å²) < 4.78 is 70.0. The monoisotopic (exact) mass is 364 g/mol. The number of hydrogen-bond donors (Lipinski definition) is 1. The average molecular weight is 365 g/mol. The van der Waals surface area contributed by atoms with Crippen LogP contribution in [0.1, 0.15) is 5.56 Å². The van der Waals surface area contributed by atoms with E-state index >= 15 is 0 Å². The maximum Gasteiger partial charge on any atom is 0.416 e. The van der Waals surface area contributed by atoms with E-state index in [1.807, 2.05) is 0 Å². The molecule has 2 rings (SSSR count). The molecule has 2 aromatic carbocycles. The number of nitrogens with zero attached hydrogens (tertiary/aromatic N) is 1. The molecule has 9 heteroatoms. The molecule has 0 saturated carbocycles. The first-order valence-electron chi connectivity index (χ1n) is 6.44. The van der Waals surface area contributed by atoms with Gasteiger partial charge in [0.05, 0.1) is 17.1 Å². The zero-order valence-corrected chi connectivity index (χ0v) is 12.6. The number of aliphatic imine (C=N–C) groups is 1. The van der Waals surface area contributed by atoms with E-state index in [0.717, 1.165) is 0 Å². The Balaban J connectivity index is 2.34. The normalized spacial score (nSPS) is 12.3. The Labute approximate surface area is 138 Å². The third-order valence-corrected chi connectivity index (χ3v) is 3.05. The maximum absolute atomic E-state index is 13.8.